The van der Waals surface area contributed by atoms with E-state index in [9.17, 15) is 4.79 Å². The van der Waals surface area contributed by atoms with Gasteiger partial charge in [0.15, 0.2) is 0 Å². The van der Waals surface area contributed by atoms with Gasteiger partial charge in [0, 0.05) is 18.3 Å². The van der Waals surface area contributed by atoms with Crippen molar-refractivity contribution in [2.75, 3.05) is 11.4 Å². The summed E-state index contributed by atoms with van der Waals surface area (Å²) >= 11 is 0. The van der Waals surface area contributed by atoms with Crippen LogP contribution in [0.2, 0.25) is 0 Å². The van der Waals surface area contributed by atoms with Crippen LogP contribution < -0.4 is 4.90 Å². The normalized spacial score (nSPS) is 10.6. The Morgan fingerprint density at radius 2 is 2.06 bits per heavy atom. The number of hydrogen-bond donors (Lipinski definition) is 1. The molecule has 1 N–H and O–H groups in total. The van der Waals surface area contributed by atoms with E-state index in [-0.39, 0.29) is 0 Å². The van der Waals surface area contributed by atoms with Gasteiger partial charge in [0.2, 0.25) is 0 Å². The maximum atomic E-state index is 10.9. The van der Waals surface area contributed by atoms with Crippen molar-refractivity contribution in [2.45, 2.75) is 40.2 Å². The number of benzene rings is 1. The first-order valence-corrected chi connectivity index (χ1v) is 6.08. The largest absolute Gasteiger partial charge is 0.478 e. The number of carboxylic acid groups (broad SMARTS) is 1. The monoisotopic (exact) mass is 235 g/mol. The van der Waals surface area contributed by atoms with Gasteiger partial charge in [-0.1, -0.05) is 6.92 Å². The minimum atomic E-state index is -0.869. The highest BCUT2D eigenvalue weighted by atomic mass is 16.4. The van der Waals surface area contributed by atoms with E-state index in [1.165, 1.54) is 0 Å². The van der Waals surface area contributed by atoms with Crippen LogP contribution in [-0.2, 0) is 0 Å². The van der Waals surface area contributed by atoms with Gasteiger partial charge in [-0.3, -0.25) is 0 Å². The lowest BCUT2D eigenvalue weighted by atomic mass is 10.1. The summed E-state index contributed by atoms with van der Waals surface area (Å²) in [5, 5.41) is 8.94. The van der Waals surface area contributed by atoms with Crippen LogP contribution in [0, 0.1) is 6.92 Å². The van der Waals surface area contributed by atoms with E-state index in [1.807, 2.05) is 13.0 Å². The van der Waals surface area contributed by atoms with Crippen molar-refractivity contribution in [1.82, 2.24) is 0 Å². The first-order chi connectivity index (χ1) is 7.97. The first-order valence-electron chi connectivity index (χ1n) is 6.08. The lowest BCUT2D eigenvalue weighted by Crippen LogP contribution is -2.32. The highest BCUT2D eigenvalue weighted by Crippen LogP contribution is 2.23. The fraction of sp³-hybridized carbons (Fsp3) is 0.500. The summed E-state index contributed by atoms with van der Waals surface area (Å²) in [5.74, 6) is -0.869. The second-order valence-corrected chi connectivity index (χ2v) is 4.59. The molecule has 3 nitrogen and oxygen atoms in total. The molecule has 0 unspecified atom stereocenters. The van der Waals surface area contributed by atoms with Crippen molar-refractivity contribution in [2.24, 2.45) is 0 Å². The van der Waals surface area contributed by atoms with E-state index >= 15 is 0 Å². The van der Waals surface area contributed by atoms with E-state index in [4.69, 9.17) is 5.11 Å². The molecule has 1 aromatic rings. The lowest BCUT2D eigenvalue weighted by molar-refractivity contribution is 0.0697. The van der Waals surface area contributed by atoms with E-state index in [2.05, 4.69) is 25.7 Å². The van der Waals surface area contributed by atoms with Crippen LogP contribution in [0.3, 0.4) is 0 Å². The Balaban J connectivity index is 3.08. The SMILES string of the molecule is CCCN(c1ccc(C(=O)O)cc1C)C(C)C. The van der Waals surface area contributed by atoms with Crippen LogP contribution in [0.5, 0.6) is 0 Å². The van der Waals surface area contributed by atoms with E-state index in [0.29, 0.717) is 11.6 Å². The summed E-state index contributed by atoms with van der Waals surface area (Å²) in [4.78, 5) is 13.2. The number of carboxylic acids is 1. The zero-order valence-corrected chi connectivity index (χ0v) is 11.0. The maximum Gasteiger partial charge on any atom is 0.335 e. The van der Waals surface area contributed by atoms with Crippen molar-refractivity contribution in [3.8, 4) is 0 Å². The van der Waals surface area contributed by atoms with Crippen molar-refractivity contribution in [3.63, 3.8) is 0 Å². The predicted molar refractivity (Wildman–Crippen MR) is 70.9 cm³/mol. The average molecular weight is 235 g/mol. The molecule has 0 aliphatic carbocycles. The molecule has 94 valence electrons. The number of rotatable bonds is 5. The van der Waals surface area contributed by atoms with Gasteiger partial charge < -0.3 is 10.0 Å². The molecule has 0 amide bonds. The Labute approximate surface area is 103 Å². The van der Waals surface area contributed by atoms with E-state index in [1.54, 1.807) is 12.1 Å². The predicted octanol–water partition coefficient (Wildman–Crippen LogP) is 3.32. The van der Waals surface area contributed by atoms with Crippen molar-refractivity contribution < 1.29 is 9.90 Å². The molecule has 0 heterocycles. The Morgan fingerprint density at radius 3 is 2.47 bits per heavy atom. The Morgan fingerprint density at radius 1 is 1.41 bits per heavy atom. The van der Waals surface area contributed by atoms with Gasteiger partial charge in [-0.25, -0.2) is 4.79 Å². The average Bonchev–Trinajstić information content (AvgIpc) is 2.26. The van der Waals surface area contributed by atoms with Crippen LogP contribution in [0.15, 0.2) is 18.2 Å². The summed E-state index contributed by atoms with van der Waals surface area (Å²) in [6.07, 6.45) is 1.08. The van der Waals surface area contributed by atoms with Gasteiger partial charge in [0.1, 0.15) is 0 Å². The maximum absolute atomic E-state index is 10.9. The fourth-order valence-corrected chi connectivity index (χ4v) is 2.01. The Kier molecular flexibility index (Phi) is 4.55. The summed E-state index contributed by atoms with van der Waals surface area (Å²) in [5.41, 5.74) is 2.50. The van der Waals surface area contributed by atoms with Crippen molar-refractivity contribution >= 4 is 11.7 Å². The molecule has 1 aromatic carbocycles. The summed E-state index contributed by atoms with van der Waals surface area (Å²) in [7, 11) is 0. The van der Waals surface area contributed by atoms with Gasteiger partial charge in [-0.2, -0.15) is 0 Å². The second-order valence-electron chi connectivity index (χ2n) is 4.59. The second kappa shape index (κ2) is 5.71. The highest BCUT2D eigenvalue weighted by Gasteiger charge is 2.13. The lowest BCUT2D eigenvalue weighted by Gasteiger charge is -2.30. The number of anilines is 1. The third-order valence-corrected chi connectivity index (χ3v) is 2.84. The topological polar surface area (TPSA) is 40.5 Å². The molecule has 17 heavy (non-hydrogen) atoms. The van der Waals surface area contributed by atoms with Gasteiger partial charge in [0.05, 0.1) is 5.56 Å². The zero-order valence-electron chi connectivity index (χ0n) is 11.0. The standard InChI is InChI=1S/C14H21NO2/c1-5-8-15(10(2)3)13-7-6-12(14(16)17)9-11(13)4/h6-7,9-10H,5,8H2,1-4H3,(H,16,17). The minimum Gasteiger partial charge on any atom is -0.478 e. The minimum absolute atomic E-state index is 0.353. The molecule has 0 aliphatic rings. The van der Waals surface area contributed by atoms with E-state index < -0.39 is 5.97 Å². The Bertz CT molecular complexity index is 399. The first kappa shape index (κ1) is 13.6. The molecule has 3 heteroatoms. The molecule has 0 aliphatic heterocycles. The summed E-state index contributed by atoms with van der Waals surface area (Å²) in [6, 6.07) is 5.75. The quantitative estimate of drug-likeness (QED) is 0.851. The van der Waals surface area contributed by atoms with Gasteiger partial charge in [-0.05, 0) is 51.0 Å². The third-order valence-electron chi connectivity index (χ3n) is 2.84. The molecular formula is C14H21NO2. The smallest absolute Gasteiger partial charge is 0.335 e. The van der Waals surface area contributed by atoms with Gasteiger partial charge in [-0.15, -0.1) is 0 Å². The molecule has 0 radical (unpaired) electrons. The van der Waals surface area contributed by atoms with Crippen LogP contribution in [0.1, 0.15) is 43.1 Å². The molecule has 1 rings (SSSR count). The Hall–Kier alpha value is -1.51. The number of hydrogen-bond acceptors (Lipinski definition) is 2. The molecule has 0 spiro atoms. The van der Waals surface area contributed by atoms with Gasteiger partial charge in [0.25, 0.3) is 0 Å². The van der Waals surface area contributed by atoms with Crippen LogP contribution >= 0.6 is 0 Å². The molecular weight excluding hydrogens is 214 g/mol. The third kappa shape index (κ3) is 3.22. The molecule has 0 bridgehead atoms. The number of carbonyl (C=O) groups is 1. The van der Waals surface area contributed by atoms with Crippen LogP contribution in [0.4, 0.5) is 5.69 Å². The van der Waals surface area contributed by atoms with Crippen molar-refractivity contribution in [1.29, 1.82) is 0 Å². The number of aromatic carboxylic acids is 1. The number of nitrogens with zero attached hydrogens (tertiary/aromatic N) is 1. The molecule has 0 atom stereocenters. The molecule has 0 aromatic heterocycles. The molecule has 0 saturated heterocycles. The van der Waals surface area contributed by atoms with Gasteiger partial charge >= 0.3 is 5.97 Å². The summed E-state index contributed by atoms with van der Waals surface area (Å²) in [6.45, 7) is 9.41. The van der Waals surface area contributed by atoms with Crippen molar-refractivity contribution in [3.05, 3.63) is 29.3 Å². The highest BCUT2D eigenvalue weighted by molar-refractivity contribution is 5.88. The molecule has 0 fully saturated rings. The van der Waals surface area contributed by atoms with E-state index in [0.717, 1.165) is 24.2 Å². The molecule has 0 saturated carbocycles. The summed E-state index contributed by atoms with van der Waals surface area (Å²) < 4.78 is 0. The van der Waals surface area contributed by atoms with Crippen LogP contribution in [0.25, 0.3) is 0 Å². The van der Waals surface area contributed by atoms with Crippen LogP contribution in [-0.4, -0.2) is 23.7 Å². The fourth-order valence-electron chi connectivity index (χ4n) is 2.01. The zero-order chi connectivity index (χ0) is 13.0. The number of aryl methyl sites for hydroxylation is 1.